The number of amides is 1. The molecule has 0 aliphatic rings. The Bertz CT molecular complexity index is 1070. The highest BCUT2D eigenvalue weighted by Gasteiger charge is 2.26. The number of rotatable bonds is 12. The molecule has 2 aromatic heterocycles. The van der Waals surface area contributed by atoms with Crippen molar-refractivity contribution in [2.45, 2.75) is 65.2 Å². The molecular weight excluding hydrogens is 436 g/mol. The molecule has 184 valence electrons. The highest BCUT2D eigenvalue weighted by atomic mass is 16.5. The van der Waals surface area contributed by atoms with Crippen LogP contribution in [0.25, 0.3) is 11.5 Å². The van der Waals surface area contributed by atoms with Crippen LogP contribution in [-0.2, 0) is 32.0 Å². The lowest BCUT2D eigenvalue weighted by atomic mass is 9.96. The van der Waals surface area contributed by atoms with Crippen LogP contribution < -0.4 is 5.32 Å². The van der Waals surface area contributed by atoms with E-state index in [1.807, 2.05) is 35.1 Å². The molecule has 0 aliphatic heterocycles. The van der Waals surface area contributed by atoms with Crippen LogP contribution in [0.4, 0.5) is 0 Å². The van der Waals surface area contributed by atoms with Crippen LogP contribution in [0.3, 0.4) is 0 Å². The van der Waals surface area contributed by atoms with E-state index in [-0.39, 0.29) is 11.4 Å². The van der Waals surface area contributed by atoms with Crippen LogP contribution >= 0.6 is 0 Å². The minimum atomic E-state index is -0.467. The minimum absolute atomic E-state index is 0.0504. The molecule has 2 heterocycles. The maximum Gasteiger partial charge on any atom is 0.247 e. The van der Waals surface area contributed by atoms with Gasteiger partial charge in [-0.25, -0.2) is 4.68 Å². The van der Waals surface area contributed by atoms with E-state index in [0.29, 0.717) is 38.0 Å². The molecule has 0 atom stereocenters. The van der Waals surface area contributed by atoms with Crippen molar-refractivity contribution in [1.82, 2.24) is 30.5 Å². The third-order valence-electron chi connectivity index (χ3n) is 5.69. The lowest BCUT2D eigenvalue weighted by molar-refractivity contribution is -0.121. The van der Waals surface area contributed by atoms with Crippen molar-refractivity contribution in [2.75, 3.05) is 20.3 Å². The molecule has 0 bridgehead atoms. The van der Waals surface area contributed by atoms with Gasteiger partial charge >= 0.3 is 0 Å². The van der Waals surface area contributed by atoms with Gasteiger partial charge in [0.2, 0.25) is 17.7 Å². The Hall–Kier alpha value is -3.11. The number of benzene rings is 1. The Morgan fingerprint density at radius 1 is 1.09 bits per heavy atom. The van der Waals surface area contributed by atoms with E-state index >= 15 is 0 Å². The monoisotopic (exact) mass is 470 g/mol. The van der Waals surface area contributed by atoms with Gasteiger partial charge < -0.3 is 19.2 Å². The first-order chi connectivity index (χ1) is 16.1. The number of nitrogens with one attached hydrogen (secondary N) is 1. The van der Waals surface area contributed by atoms with Gasteiger partial charge in [-0.3, -0.25) is 4.79 Å². The first-order valence-electron chi connectivity index (χ1n) is 11.4. The molecule has 3 aromatic rings. The van der Waals surface area contributed by atoms with Crippen LogP contribution in [0, 0.1) is 6.92 Å². The van der Waals surface area contributed by atoms with Gasteiger partial charge in [0.1, 0.15) is 5.69 Å². The molecular formula is C24H34N6O4. The number of carbonyl (C=O) groups excluding carboxylic acids is 1. The Kier molecular flexibility index (Phi) is 8.16. The molecule has 3 rings (SSSR count). The zero-order valence-electron chi connectivity index (χ0n) is 20.8. The molecule has 1 aromatic carbocycles. The quantitative estimate of drug-likeness (QED) is 0.401. The summed E-state index contributed by atoms with van der Waals surface area (Å²) < 4.78 is 19.1. The highest BCUT2D eigenvalue weighted by Crippen LogP contribution is 2.29. The molecule has 0 aliphatic carbocycles. The van der Waals surface area contributed by atoms with Crippen molar-refractivity contribution in [3.63, 3.8) is 0 Å². The summed E-state index contributed by atoms with van der Waals surface area (Å²) in [6.07, 6.45) is 2.95. The molecule has 0 unspecified atom stereocenters. The average molecular weight is 471 g/mol. The second kappa shape index (κ2) is 10.9. The SMILES string of the molecule is CNC(=O)CCOCc1cn(C(C)(C)CCOC(C)(C)c2ccc(-c3nnc(C)o3)cc2)nn1. The lowest BCUT2D eigenvalue weighted by Crippen LogP contribution is -2.31. The second-order valence-electron chi connectivity index (χ2n) is 9.26. The Balaban J connectivity index is 1.50. The molecule has 10 nitrogen and oxygen atoms in total. The smallest absolute Gasteiger partial charge is 0.247 e. The molecule has 0 radical (unpaired) electrons. The fourth-order valence-corrected chi connectivity index (χ4v) is 3.31. The Labute approximate surface area is 200 Å². The summed E-state index contributed by atoms with van der Waals surface area (Å²) in [5.41, 5.74) is 1.90. The molecule has 0 saturated carbocycles. The van der Waals surface area contributed by atoms with Gasteiger partial charge in [0.15, 0.2) is 0 Å². The number of hydrogen-bond donors (Lipinski definition) is 1. The molecule has 0 fully saturated rings. The summed E-state index contributed by atoms with van der Waals surface area (Å²) in [4.78, 5) is 11.3. The average Bonchev–Trinajstić information content (AvgIpc) is 3.46. The first kappa shape index (κ1) is 25.5. The molecule has 0 saturated heterocycles. The standard InChI is InChI=1S/C24H34N6O4/c1-17-26-28-22(34-17)18-7-9-19(10-8-18)24(4,5)33-14-12-23(2,3)30-15-20(27-29-30)16-32-13-11-21(31)25-6/h7-10,15H,11-14,16H2,1-6H3,(H,25,31). The predicted octanol–water partition coefficient (Wildman–Crippen LogP) is 3.37. The predicted molar refractivity (Wildman–Crippen MR) is 126 cm³/mol. The van der Waals surface area contributed by atoms with E-state index in [0.717, 1.165) is 23.2 Å². The van der Waals surface area contributed by atoms with E-state index < -0.39 is 5.60 Å². The number of ether oxygens (including phenoxy) is 2. The van der Waals surface area contributed by atoms with E-state index in [2.05, 4.69) is 53.5 Å². The van der Waals surface area contributed by atoms with Crippen molar-refractivity contribution in [3.8, 4) is 11.5 Å². The minimum Gasteiger partial charge on any atom is -0.421 e. The largest absolute Gasteiger partial charge is 0.421 e. The number of hydrogen-bond acceptors (Lipinski definition) is 8. The van der Waals surface area contributed by atoms with Gasteiger partial charge in [-0.2, -0.15) is 0 Å². The topological polar surface area (TPSA) is 117 Å². The number of aromatic nitrogens is 5. The summed E-state index contributed by atoms with van der Waals surface area (Å²) in [7, 11) is 1.61. The van der Waals surface area contributed by atoms with E-state index in [1.165, 1.54) is 0 Å². The van der Waals surface area contributed by atoms with Gasteiger partial charge in [-0.15, -0.1) is 15.3 Å². The van der Waals surface area contributed by atoms with Crippen molar-refractivity contribution in [2.24, 2.45) is 0 Å². The van der Waals surface area contributed by atoms with Gasteiger partial charge in [0.25, 0.3) is 0 Å². The van der Waals surface area contributed by atoms with Crippen LogP contribution in [0.1, 0.15) is 57.7 Å². The van der Waals surface area contributed by atoms with Crippen molar-refractivity contribution in [3.05, 3.63) is 47.6 Å². The van der Waals surface area contributed by atoms with Crippen LogP contribution in [-0.4, -0.2) is 51.4 Å². The number of aryl methyl sites for hydroxylation is 1. The van der Waals surface area contributed by atoms with Crippen molar-refractivity contribution in [1.29, 1.82) is 0 Å². The normalized spacial score (nSPS) is 12.2. The van der Waals surface area contributed by atoms with Crippen molar-refractivity contribution < 1.29 is 18.7 Å². The second-order valence-corrected chi connectivity index (χ2v) is 9.26. The molecule has 10 heteroatoms. The fraction of sp³-hybridized carbons (Fsp3) is 0.542. The van der Waals surface area contributed by atoms with Gasteiger partial charge in [0.05, 0.1) is 37.2 Å². The molecule has 1 amide bonds. The summed E-state index contributed by atoms with van der Waals surface area (Å²) in [6, 6.07) is 7.97. The summed E-state index contributed by atoms with van der Waals surface area (Å²) in [5.74, 6) is 0.998. The molecule has 34 heavy (non-hydrogen) atoms. The number of nitrogens with zero attached hydrogens (tertiary/aromatic N) is 5. The molecule has 1 N–H and O–H groups in total. The van der Waals surface area contributed by atoms with Crippen LogP contribution in [0.5, 0.6) is 0 Å². The summed E-state index contributed by atoms with van der Waals surface area (Å²) in [5, 5.41) is 19.0. The van der Waals surface area contributed by atoms with Gasteiger partial charge in [0, 0.05) is 26.0 Å². The zero-order chi connectivity index (χ0) is 24.8. The van der Waals surface area contributed by atoms with Gasteiger partial charge in [-0.05, 0) is 51.8 Å². The van der Waals surface area contributed by atoms with Crippen LogP contribution in [0.2, 0.25) is 0 Å². The maximum absolute atomic E-state index is 11.3. The lowest BCUT2D eigenvalue weighted by Gasteiger charge is -2.30. The highest BCUT2D eigenvalue weighted by molar-refractivity contribution is 5.75. The van der Waals surface area contributed by atoms with E-state index in [1.54, 1.807) is 14.0 Å². The first-order valence-corrected chi connectivity index (χ1v) is 11.4. The maximum atomic E-state index is 11.3. The number of carbonyl (C=O) groups is 1. The van der Waals surface area contributed by atoms with Crippen LogP contribution in [0.15, 0.2) is 34.9 Å². The molecule has 0 spiro atoms. The summed E-state index contributed by atoms with van der Waals surface area (Å²) in [6.45, 7) is 11.3. The summed E-state index contributed by atoms with van der Waals surface area (Å²) >= 11 is 0. The zero-order valence-corrected chi connectivity index (χ0v) is 20.8. The third kappa shape index (κ3) is 6.71. The van der Waals surface area contributed by atoms with Gasteiger partial charge in [-0.1, -0.05) is 17.3 Å². The van der Waals surface area contributed by atoms with E-state index in [9.17, 15) is 4.79 Å². The Morgan fingerprint density at radius 3 is 2.47 bits per heavy atom. The fourth-order valence-electron chi connectivity index (χ4n) is 3.31. The van der Waals surface area contributed by atoms with Crippen molar-refractivity contribution >= 4 is 5.91 Å². The third-order valence-corrected chi connectivity index (χ3v) is 5.69. The van der Waals surface area contributed by atoms with E-state index in [4.69, 9.17) is 13.9 Å². The Morgan fingerprint density at radius 2 is 1.82 bits per heavy atom.